The SMILES string of the molecule is OCCOc1ccc(F)c(F)c1. The fourth-order valence-electron chi connectivity index (χ4n) is 0.730. The van der Waals surface area contributed by atoms with Crippen molar-refractivity contribution in [1.82, 2.24) is 0 Å². The molecule has 12 heavy (non-hydrogen) atoms. The molecule has 4 heteroatoms. The molecule has 0 aliphatic rings. The molecule has 0 amide bonds. The highest BCUT2D eigenvalue weighted by Gasteiger charge is 2.02. The molecule has 0 saturated heterocycles. The van der Waals surface area contributed by atoms with E-state index < -0.39 is 11.6 Å². The van der Waals surface area contributed by atoms with Gasteiger partial charge in [0.15, 0.2) is 11.6 Å². The first-order chi connectivity index (χ1) is 5.74. The van der Waals surface area contributed by atoms with E-state index >= 15 is 0 Å². The highest BCUT2D eigenvalue weighted by Crippen LogP contribution is 2.14. The van der Waals surface area contributed by atoms with Crippen LogP contribution in [0.5, 0.6) is 5.75 Å². The van der Waals surface area contributed by atoms with Gasteiger partial charge in [0.1, 0.15) is 12.4 Å². The quantitative estimate of drug-likeness (QED) is 0.749. The molecule has 0 saturated carbocycles. The van der Waals surface area contributed by atoms with Gasteiger partial charge < -0.3 is 9.84 Å². The third kappa shape index (κ3) is 2.17. The average Bonchev–Trinajstić information content (AvgIpc) is 2.07. The summed E-state index contributed by atoms with van der Waals surface area (Å²) in [5.74, 6) is -1.65. The van der Waals surface area contributed by atoms with Gasteiger partial charge in [0, 0.05) is 6.07 Å². The second kappa shape index (κ2) is 4.01. The second-order valence-electron chi connectivity index (χ2n) is 2.15. The first-order valence-corrected chi connectivity index (χ1v) is 3.43. The zero-order valence-electron chi connectivity index (χ0n) is 6.26. The van der Waals surface area contributed by atoms with Crippen LogP contribution in [0.1, 0.15) is 0 Å². The molecular weight excluding hydrogens is 166 g/mol. The average molecular weight is 174 g/mol. The van der Waals surface area contributed by atoms with Gasteiger partial charge in [-0.25, -0.2) is 8.78 Å². The van der Waals surface area contributed by atoms with Crippen molar-refractivity contribution in [2.45, 2.75) is 0 Å². The van der Waals surface area contributed by atoms with E-state index in [4.69, 9.17) is 9.84 Å². The third-order valence-electron chi connectivity index (χ3n) is 1.25. The van der Waals surface area contributed by atoms with Gasteiger partial charge in [-0.15, -0.1) is 0 Å². The molecule has 1 rings (SSSR count). The van der Waals surface area contributed by atoms with Crippen molar-refractivity contribution in [3.05, 3.63) is 29.8 Å². The molecule has 0 bridgehead atoms. The predicted molar refractivity (Wildman–Crippen MR) is 38.9 cm³/mol. The molecule has 0 aliphatic carbocycles. The van der Waals surface area contributed by atoms with Crippen LogP contribution in [0.4, 0.5) is 8.78 Å². The van der Waals surface area contributed by atoms with E-state index in [1.807, 2.05) is 0 Å². The number of halogens is 2. The first kappa shape index (κ1) is 8.93. The molecule has 0 aliphatic heterocycles. The van der Waals surface area contributed by atoms with Crippen molar-refractivity contribution in [2.75, 3.05) is 13.2 Å². The van der Waals surface area contributed by atoms with Crippen molar-refractivity contribution in [1.29, 1.82) is 0 Å². The van der Waals surface area contributed by atoms with Crippen LogP contribution in [0, 0.1) is 11.6 Å². The molecular formula is C8H8F2O2. The lowest BCUT2D eigenvalue weighted by Crippen LogP contribution is -2.01. The van der Waals surface area contributed by atoms with E-state index in [9.17, 15) is 8.78 Å². The summed E-state index contributed by atoms with van der Waals surface area (Å²) in [6.45, 7) is -0.0793. The first-order valence-electron chi connectivity index (χ1n) is 3.43. The van der Waals surface area contributed by atoms with E-state index in [0.29, 0.717) is 0 Å². The molecule has 1 aromatic rings. The van der Waals surface area contributed by atoms with Crippen LogP contribution >= 0.6 is 0 Å². The van der Waals surface area contributed by atoms with Crippen LogP contribution in [0.15, 0.2) is 18.2 Å². The fourth-order valence-corrected chi connectivity index (χ4v) is 0.730. The minimum atomic E-state index is -0.953. The number of hydrogen-bond donors (Lipinski definition) is 1. The zero-order chi connectivity index (χ0) is 8.97. The number of benzene rings is 1. The van der Waals surface area contributed by atoms with Crippen molar-refractivity contribution in [3.8, 4) is 5.75 Å². The summed E-state index contributed by atoms with van der Waals surface area (Å²) in [5, 5.41) is 8.36. The summed E-state index contributed by atoms with van der Waals surface area (Å²) in [6, 6.07) is 3.21. The van der Waals surface area contributed by atoms with Crippen molar-refractivity contribution < 1.29 is 18.6 Å². The summed E-state index contributed by atoms with van der Waals surface area (Å²) in [4.78, 5) is 0. The minimum Gasteiger partial charge on any atom is -0.491 e. The van der Waals surface area contributed by atoms with Crippen molar-refractivity contribution in [3.63, 3.8) is 0 Å². The Kier molecular flexibility index (Phi) is 2.99. The molecule has 0 unspecified atom stereocenters. The van der Waals surface area contributed by atoms with Crippen molar-refractivity contribution >= 4 is 0 Å². The molecule has 2 nitrogen and oxygen atoms in total. The number of hydrogen-bond acceptors (Lipinski definition) is 2. The van der Waals surface area contributed by atoms with Gasteiger partial charge in [0.2, 0.25) is 0 Å². The standard InChI is InChI=1S/C8H8F2O2/c9-7-2-1-6(5-8(7)10)12-4-3-11/h1-2,5,11H,3-4H2. The van der Waals surface area contributed by atoms with Gasteiger partial charge in [-0.05, 0) is 12.1 Å². The van der Waals surface area contributed by atoms with Crippen LogP contribution in [0.25, 0.3) is 0 Å². The van der Waals surface area contributed by atoms with Crippen LogP contribution in [0.3, 0.4) is 0 Å². The molecule has 0 atom stereocenters. The number of aliphatic hydroxyl groups is 1. The normalized spacial score (nSPS) is 9.92. The van der Waals surface area contributed by atoms with Gasteiger partial charge in [-0.1, -0.05) is 0 Å². The lowest BCUT2D eigenvalue weighted by molar-refractivity contribution is 0.200. The van der Waals surface area contributed by atoms with E-state index in [1.165, 1.54) is 6.07 Å². The Labute approximate surface area is 68.4 Å². The highest BCUT2D eigenvalue weighted by molar-refractivity contribution is 5.23. The monoisotopic (exact) mass is 174 g/mol. The number of ether oxygens (including phenoxy) is 1. The van der Waals surface area contributed by atoms with Crippen LogP contribution in [-0.2, 0) is 0 Å². The van der Waals surface area contributed by atoms with Gasteiger partial charge >= 0.3 is 0 Å². The summed E-state index contributed by atoms with van der Waals surface area (Å²) in [6.07, 6.45) is 0. The lowest BCUT2D eigenvalue weighted by Gasteiger charge is -2.03. The molecule has 0 aromatic heterocycles. The van der Waals surface area contributed by atoms with Crippen LogP contribution in [-0.4, -0.2) is 18.3 Å². The largest absolute Gasteiger partial charge is 0.491 e. The molecule has 1 aromatic carbocycles. The third-order valence-corrected chi connectivity index (χ3v) is 1.25. The number of rotatable bonds is 3. The summed E-state index contributed by atoms with van der Waals surface area (Å²) in [5.41, 5.74) is 0. The van der Waals surface area contributed by atoms with Gasteiger partial charge in [0.25, 0.3) is 0 Å². The van der Waals surface area contributed by atoms with E-state index in [1.54, 1.807) is 0 Å². The zero-order valence-corrected chi connectivity index (χ0v) is 6.26. The van der Waals surface area contributed by atoms with Gasteiger partial charge in [-0.3, -0.25) is 0 Å². The smallest absolute Gasteiger partial charge is 0.162 e. The second-order valence-corrected chi connectivity index (χ2v) is 2.15. The maximum Gasteiger partial charge on any atom is 0.162 e. The van der Waals surface area contributed by atoms with Gasteiger partial charge in [0.05, 0.1) is 6.61 Å². The molecule has 1 N–H and O–H groups in total. The van der Waals surface area contributed by atoms with Crippen LogP contribution < -0.4 is 4.74 Å². The summed E-state index contributed by atoms with van der Waals surface area (Å²) >= 11 is 0. The highest BCUT2D eigenvalue weighted by atomic mass is 19.2. The summed E-state index contributed by atoms with van der Waals surface area (Å²) < 4.78 is 29.7. The Morgan fingerprint density at radius 1 is 1.25 bits per heavy atom. The lowest BCUT2D eigenvalue weighted by atomic mass is 10.3. The predicted octanol–water partition coefficient (Wildman–Crippen LogP) is 1.34. The van der Waals surface area contributed by atoms with E-state index in [2.05, 4.69) is 0 Å². The summed E-state index contributed by atoms with van der Waals surface area (Å²) in [7, 11) is 0. The Balaban J connectivity index is 2.69. The number of aliphatic hydroxyl groups excluding tert-OH is 1. The fraction of sp³-hybridized carbons (Fsp3) is 0.250. The molecule has 0 spiro atoms. The molecule has 0 fully saturated rings. The Morgan fingerprint density at radius 3 is 2.58 bits per heavy atom. The minimum absolute atomic E-state index is 0.0745. The molecule has 66 valence electrons. The Morgan fingerprint density at radius 2 is 2.00 bits per heavy atom. The van der Waals surface area contributed by atoms with E-state index in [0.717, 1.165) is 12.1 Å². The van der Waals surface area contributed by atoms with Crippen molar-refractivity contribution in [2.24, 2.45) is 0 Å². The topological polar surface area (TPSA) is 29.5 Å². The Hall–Kier alpha value is -1.16. The maximum absolute atomic E-state index is 12.5. The van der Waals surface area contributed by atoms with Crippen LogP contribution in [0.2, 0.25) is 0 Å². The van der Waals surface area contributed by atoms with Gasteiger partial charge in [-0.2, -0.15) is 0 Å². The maximum atomic E-state index is 12.5. The Bertz CT molecular complexity index is 263. The molecule has 0 heterocycles. The molecule has 0 radical (unpaired) electrons. The van der Waals surface area contributed by atoms with E-state index in [-0.39, 0.29) is 19.0 Å².